The molecular weight excluding hydrogens is 243 g/mol. The van der Waals surface area contributed by atoms with Crippen LogP contribution in [-0.2, 0) is 6.18 Å². The van der Waals surface area contributed by atoms with E-state index in [0.29, 0.717) is 13.0 Å². The van der Waals surface area contributed by atoms with E-state index in [0.717, 1.165) is 24.2 Å². The van der Waals surface area contributed by atoms with E-state index in [-0.39, 0.29) is 5.92 Å². The lowest BCUT2D eigenvalue weighted by atomic mass is 9.89. The average molecular weight is 259 g/mol. The van der Waals surface area contributed by atoms with Crippen LogP contribution < -0.4 is 0 Å². The van der Waals surface area contributed by atoms with Crippen LogP contribution in [0.1, 0.15) is 23.5 Å². The molecule has 2 atom stereocenters. The maximum Gasteiger partial charge on any atom is 0.416 e. The number of likely N-dealkylation sites (tertiary alicyclic amines) is 1. The molecule has 0 unspecified atom stereocenters. The fourth-order valence-electron chi connectivity index (χ4n) is 2.47. The quantitative estimate of drug-likeness (QED) is 0.837. The Labute approximate surface area is 104 Å². The SMILES string of the molecule is CN1C[C@@H](O)C[C@@H](c2ccc(C(F)(F)F)cc2)C1. The van der Waals surface area contributed by atoms with Gasteiger partial charge in [-0.1, -0.05) is 12.1 Å². The first kappa shape index (κ1) is 13.4. The highest BCUT2D eigenvalue weighted by Crippen LogP contribution is 2.32. The van der Waals surface area contributed by atoms with Gasteiger partial charge in [0.1, 0.15) is 0 Å². The van der Waals surface area contributed by atoms with Crippen LogP contribution in [0, 0.1) is 0 Å². The normalized spacial score (nSPS) is 26.3. The molecule has 0 aromatic heterocycles. The Balaban J connectivity index is 2.14. The molecule has 0 radical (unpaired) electrons. The number of piperidine rings is 1. The highest BCUT2D eigenvalue weighted by molar-refractivity contribution is 5.27. The van der Waals surface area contributed by atoms with Gasteiger partial charge < -0.3 is 10.0 Å². The molecule has 1 heterocycles. The summed E-state index contributed by atoms with van der Waals surface area (Å²) in [5.41, 5.74) is 0.226. The third-order valence-corrected chi connectivity index (χ3v) is 3.32. The molecule has 1 aliphatic heterocycles. The van der Waals surface area contributed by atoms with Gasteiger partial charge in [0.15, 0.2) is 0 Å². The Morgan fingerprint density at radius 3 is 2.28 bits per heavy atom. The summed E-state index contributed by atoms with van der Waals surface area (Å²) in [6.45, 7) is 1.39. The summed E-state index contributed by atoms with van der Waals surface area (Å²) in [5.74, 6) is 0.0982. The Hall–Kier alpha value is -1.07. The molecule has 1 aromatic carbocycles. The lowest BCUT2D eigenvalue weighted by Crippen LogP contribution is -2.39. The minimum Gasteiger partial charge on any atom is -0.392 e. The van der Waals surface area contributed by atoms with Gasteiger partial charge in [-0.05, 0) is 37.1 Å². The number of benzene rings is 1. The summed E-state index contributed by atoms with van der Waals surface area (Å²) >= 11 is 0. The van der Waals surface area contributed by atoms with Crippen molar-refractivity contribution in [2.75, 3.05) is 20.1 Å². The van der Waals surface area contributed by atoms with E-state index in [1.807, 2.05) is 11.9 Å². The van der Waals surface area contributed by atoms with Gasteiger partial charge in [0.25, 0.3) is 0 Å². The molecule has 0 spiro atoms. The van der Waals surface area contributed by atoms with Crippen LogP contribution in [0.3, 0.4) is 0 Å². The third kappa shape index (κ3) is 3.03. The zero-order valence-corrected chi connectivity index (χ0v) is 10.1. The average Bonchev–Trinajstić information content (AvgIpc) is 2.27. The van der Waals surface area contributed by atoms with Crippen molar-refractivity contribution in [3.05, 3.63) is 35.4 Å². The smallest absolute Gasteiger partial charge is 0.392 e. The van der Waals surface area contributed by atoms with Gasteiger partial charge in [0.05, 0.1) is 11.7 Å². The summed E-state index contributed by atoms with van der Waals surface area (Å²) < 4.78 is 37.3. The Bertz CT molecular complexity index is 392. The molecule has 2 nitrogen and oxygen atoms in total. The Morgan fingerprint density at radius 1 is 1.17 bits per heavy atom. The standard InChI is InChI=1S/C13H16F3NO/c1-17-7-10(6-12(18)8-17)9-2-4-11(5-3-9)13(14,15)16/h2-5,10,12,18H,6-8H2,1H3/t10-,12+/m1/s1. The van der Waals surface area contributed by atoms with Crippen molar-refractivity contribution >= 4 is 0 Å². The molecule has 18 heavy (non-hydrogen) atoms. The summed E-state index contributed by atoms with van der Waals surface area (Å²) in [7, 11) is 1.90. The third-order valence-electron chi connectivity index (χ3n) is 3.32. The second-order valence-electron chi connectivity index (χ2n) is 4.93. The number of rotatable bonds is 1. The fraction of sp³-hybridized carbons (Fsp3) is 0.538. The molecule has 1 aromatic rings. The molecule has 0 aliphatic carbocycles. The lowest BCUT2D eigenvalue weighted by Gasteiger charge is -2.33. The second kappa shape index (κ2) is 4.90. The van der Waals surface area contributed by atoms with E-state index in [1.165, 1.54) is 12.1 Å². The molecule has 1 saturated heterocycles. The summed E-state index contributed by atoms with van der Waals surface area (Å²) in [6.07, 6.45) is -4.09. The van der Waals surface area contributed by atoms with Crippen molar-refractivity contribution in [2.45, 2.75) is 24.6 Å². The van der Waals surface area contributed by atoms with E-state index in [1.54, 1.807) is 0 Å². The Kier molecular flexibility index (Phi) is 3.64. The molecule has 0 bridgehead atoms. The van der Waals surface area contributed by atoms with E-state index in [2.05, 4.69) is 0 Å². The van der Waals surface area contributed by atoms with Crippen LogP contribution in [0.5, 0.6) is 0 Å². The molecule has 1 aliphatic rings. The minimum atomic E-state index is -4.29. The molecule has 0 amide bonds. The predicted octanol–water partition coefficient (Wildman–Crippen LogP) is 2.49. The fourth-order valence-corrected chi connectivity index (χ4v) is 2.47. The number of hydrogen-bond acceptors (Lipinski definition) is 2. The number of nitrogens with zero attached hydrogens (tertiary/aromatic N) is 1. The minimum absolute atomic E-state index is 0.0982. The number of halogens is 3. The van der Waals surface area contributed by atoms with Gasteiger partial charge in [-0.25, -0.2) is 0 Å². The largest absolute Gasteiger partial charge is 0.416 e. The van der Waals surface area contributed by atoms with Crippen molar-refractivity contribution in [3.8, 4) is 0 Å². The molecule has 2 rings (SSSR count). The number of aliphatic hydroxyl groups is 1. The zero-order valence-electron chi connectivity index (χ0n) is 10.1. The van der Waals surface area contributed by atoms with Crippen LogP contribution >= 0.6 is 0 Å². The lowest BCUT2D eigenvalue weighted by molar-refractivity contribution is -0.137. The number of likely N-dealkylation sites (N-methyl/N-ethyl adjacent to an activating group) is 1. The molecule has 1 fully saturated rings. The monoisotopic (exact) mass is 259 g/mol. The van der Waals surface area contributed by atoms with Crippen LogP contribution in [0.2, 0.25) is 0 Å². The predicted molar refractivity (Wildman–Crippen MR) is 62.3 cm³/mol. The van der Waals surface area contributed by atoms with E-state index in [9.17, 15) is 18.3 Å². The first-order valence-corrected chi connectivity index (χ1v) is 5.90. The number of alkyl halides is 3. The molecule has 0 saturated carbocycles. The number of aliphatic hydroxyl groups excluding tert-OH is 1. The van der Waals surface area contributed by atoms with Crippen molar-refractivity contribution < 1.29 is 18.3 Å². The maximum absolute atomic E-state index is 12.4. The van der Waals surface area contributed by atoms with Crippen LogP contribution in [0.15, 0.2) is 24.3 Å². The first-order valence-electron chi connectivity index (χ1n) is 5.90. The zero-order chi connectivity index (χ0) is 13.3. The van der Waals surface area contributed by atoms with E-state index in [4.69, 9.17) is 0 Å². The van der Waals surface area contributed by atoms with Crippen molar-refractivity contribution in [1.82, 2.24) is 4.90 Å². The highest BCUT2D eigenvalue weighted by Gasteiger charge is 2.31. The van der Waals surface area contributed by atoms with Gasteiger partial charge in [-0.2, -0.15) is 13.2 Å². The van der Waals surface area contributed by atoms with Gasteiger partial charge in [-0.15, -0.1) is 0 Å². The summed E-state index contributed by atoms with van der Waals surface area (Å²) in [5, 5.41) is 9.67. The molecule has 5 heteroatoms. The van der Waals surface area contributed by atoms with Gasteiger partial charge in [0.2, 0.25) is 0 Å². The molecule has 100 valence electrons. The van der Waals surface area contributed by atoms with Crippen LogP contribution in [0.25, 0.3) is 0 Å². The number of β-amino-alcohol motifs (C(OH)–C–C–N with tert-alkyl or cyclic N) is 1. The van der Waals surface area contributed by atoms with Gasteiger partial charge in [-0.3, -0.25) is 0 Å². The van der Waals surface area contributed by atoms with E-state index < -0.39 is 17.8 Å². The van der Waals surface area contributed by atoms with Crippen LogP contribution in [0.4, 0.5) is 13.2 Å². The van der Waals surface area contributed by atoms with Crippen molar-refractivity contribution in [1.29, 1.82) is 0 Å². The topological polar surface area (TPSA) is 23.5 Å². The first-order chi connectivity index (χ1) is 8.36. The van der Waals surface area contributed by atoms with Crippen molar-refractivity contribution in [3.63, 3.8) is 0 Å². The maximum atomic E-state index is 12.4. The van der Waals surface area contributed by atoms with Gasteiger partial charge in [0, 0.05) is 13.1 Å². The summed E-state index contributed by atoms with van der Waals surface area (Å²) in [4.78, 5) is 2.00. The number of hydrogen-bond donors (Lipinski definition) is 1. The van der Waals surface area contributed by atoms with Crippen LogP contribution in [-0.4, -0.2) is 36.2 Å². The second-order valence-corrected chi connectivity index (χ2v) is 4.93. The Morgan fingerprint density at radius 2 is 1.78 bits per heavy atom. The van der Waals surface area contributed by atoms with E-state index >= 15 is 0 Å². The summed E-state index contributed by atoms with van der Waals surface area (Å²) in [6, 6.07) is 5.24. The molecular formula is C13H16F3NO. The highest BCUT2D eigenvalue weighted by atomic mass is 19.4. The van der Waals surface area contributed by atoms with Gasteiger partial charge >= 0.3 is 6.18 Å². The molecule has 1 N–H and O–H groups in total. The van der Waals surface area contributed by atoms with Crippen molar-refractivity contribution in [2.24, 2.45) is 0 Å².